The highest BCUT2D eigenvalue weighted by atomic mass is 16.4. The minimum atomic E-state index is -0.950. The summed E-state index contributed by atoms with van der Waals surface area (Å²) in [6.45, 7) is 7.87. The van der Waals surface area contributed by atoms with Gasteiger partial charge in [0.05, 0.1) is 5.92 Å². The second-order valence-corrected chi connectivity index (χ2v) is 5.53. The first-order valence-corrected chi connectivity index (χ1v) is 6.92. The van der Waals surface area contributed by atoms with Gasteiger partial charge in [-0.2, -0.15) is 0 Å². The Hall–Kier alpha value is -1.84. The number of carbonyl (C=O) groups is 2. The fraction of sp³-hybridized carbons (Fsp3) is 0.500. The lowest BCUT2D eigenvalue weighted by Crippen LogP contribution is -2.34. The number of hydrogen-bond acceptors (Lipinski definition) is 2. The fourth-order valence-corrected chi connectivity index (χ4v) is 1.81. The molecule has 2 atom stereocenters. The number of rotatable bonds is 6. The van der Waals surface area contributed by atoms with Crippen molar-refractivity contribution < 1.29 is 14.7 Å². The van der Waals surface area contributed by atoms with E-state index in [-0.39, 0.29) is 5.91 Å². The smallest absolute Gasteiger partial charge is 0.307 e. The van der Waals surface area contributed by atoms with Crippen molar-refractivity contribution in [3.05, 3.63) is 35.4 Å². The number of benzene rings is 1. The SMILES string of the molecule is CC(C)c1ccc(CNC(=O)C(C)C(C)C(=O)O)cc1. The Morgan fingerprint density at radius 1 is 1.05 bits per heavy atom. The van der Waals surface area contributed by atoms with Crippen molar-refractivity contribution in [3.8, 4) is 0 Å². The van der Waals surface area contributed by atoms with E-state index in [1.807, 2.05) is 12.1 Å². The number of carbonyl (C=O) groups excluding carboxylic acids is 1. The minimum absolute atomic E-state index is 0.229. The third-order valence-corrected chi connectivity index (χ3v) is 3.67. The van der Waals surface area contributed by atoms with Crippen LogP contribution in [-0.2, 0) is 16.1 Å². The van der Waals surface area contributed by atoms with E-state index in [0.29, 0.717) is 12.5 Å². The number of amides is 1. The molecule has 110 valence electrons. The molecule has 4 heteroatoms. The van der Waals surface area contributed by atoms with Crippen LogP contribution in [0.3, 0.4) is 0 Å². The van der Waals surface area contributed by atoms with Gasteiger partial charge in [-0.15, -0.1) is 0 Å². The summed E-state index contributed by atoms with van der Waals surface area (Å²) in [4.78, 5) is 22.7. The zero-order chi connectivity index (χ0) is 15.3. The molecule has 0 saturated carbocycles. The molecule has 0 aliphatic rings. The minimum Gasteiger partial charge on any atom is -0.481 e. The average molecular weight is 277 g/mol. The number of carboxylic acid groups (broad SMARTS) is 1. The third kappa shape index (κ3) is 4.37. The van der Waals surface area contributed by atoms with Crippen molar-refractivity contribution in [3.63, 3.8) is 0 Å². The molecule has 0 aliphatic carbocycles. The highest BCUT2D eigenvalue weighted by Gasteiger charge is 2.25. The van der Waals surface area contributed by atoms with Crippen LogP contribution in [0.5, 0.6) is 0 Å². The Morgan fingerprint density at radius 3 is 2.05 bits per heavy atom. The first-order chi connectivity index (χ1) is 9.32. The molecular weight excluding hydrogens is 254 g/mol. The van der Waals surface area contributed by atoms with Gasteiger partial charge in [0.15, 0.2) is 0 Å². The van der Waals surface area contributed by atoms with Gasteiger partial charge in [0.2, 0.25) is 5.91 Å². The Bertz CT molecular complexity index is 465. The van der Waals surface area contributed by atoms with Gasteiger partial charge in [-0.3, -0.25) is 9.59 Å². The molecule has 1 amide bonds. The maximum absolute atomic E-state index is 11.9. The fourth-order valence-electron chi connectivity index (χ4n) is 1.81. The van der Waals surface area contributed by atoms with Crippen LogP contribution in [0.1, 0.15) is 44.7 Å². The Morgan fingerprint density at radius 2 is 1.60 bits per heavy atom. The Balaban J connectivity index is 2.54. The topological polar surface area (TPSA) is 66.4 Å². The molecule has 1 rings (SSSR count). The molecule has 1 aromatic carbocycles. The molecule has 2 unspecified atom stereocenters. The summed E-state index contributed by atoms with van der Waals surface area (Å²) in [5, 5.41) is 11.7. The standard InChI is InChI=1S/C16H23NO3/c1-10(2)14-7-5-13(6-8-14)9-17-15(18)11(3)12(4)16(19)20/h5-8,10-12H,9H2,1-4H3,(H,17,18)(H,19,20). The van der Waals surface area contributed by atoms with Crippen molar-refractivity contribution in [2.75, 3.05) is 0 Å². The van der Waals surface area contributed by atoms with Crippen molar-refractivity contribution in [1.29, 1.82) is 0 Å². The summed E-state index contributed by atoms with van der Waals surface area (Å²) in [6.07, 6.45) is 0. The average Bonchev–Trinajstić information content (AvgIpc) is 2.43. The summed E-state index contributed by atoms with van der Waals surface area (Å²) in [5.74, 6) is -1.92. The van der Waals surface area contributed by atoms with Crippen LogP contribution in [0.25, 0.3) is 0 Å². The summed E-state index contributed by atoms with van der Waals surface area (Å²) >= 11 is 0. The predicted molar refractivity (Wildman–Crippen MR) is 78.3 cm³/mol. The van der Waals surface area contributed by atoms with Crippen LogP contribution in [0.2, 0.25) is 0 Å². The van der Waals surface area contributed by atoms with Gasteiger partial charge in [-0.25, -0.2) is 0 Å². The largest absolute Gasteiger partial charge is 0.481 e. The van der Waals surface area contributed by atoms with E-state index in [0.717, 1.165) is 5.56 Å². The number of hydrogen-bond donors (Lipinski definition) is 2. The number of nitrogens with one attached hydrogen (secondary N) is 1. The van der Waals surface area contributed by atoms with Gasteiger partial charge in [-0.1, -0.05) is 52.0 Å². The van der Waals surface area contributed by atoms with E-state index < -0.39 is 17.8 Å². The van der Waals surface area contributed by atoms with Crippen LogP contribution in [0.15, 0.2) is 24.3 Å². The van der Waals surface area contributed by atoms with Crippen LogP contribution in [-0.4, -0.2) is 17.0 Å². The van der Waals surface area contributed by atoms with Crippen molar-refractivity contribution in [2.45, 2.75) is 40.2 Å². The highest BCUT2D eigenvalue weighted by Crippen LogP contribution is 2.15. The lowest BCUT2D eigenvalue weighted by molar-refractivity contribution is -0.146. The van der Waals surface area contributed by atoms with E-state index in [9.17, 15) is 9.59 Å². The Labute approximate surface area is 120 Å². The molecule has 0 heterocycles. The van der Waals surface area contributed by atoms with E-state index in [1.165, 1.54) is 5.56 Å². The monoisotopic (exact) mass is 277 g/mol. The van der Waals surface area contributed by atoms with Crippen LogP contribution in [0, 0.1) is 11.8 Å². The zero-order valence-electron chi connectivity index (χ0n) is 12.5. The van der Waals surface area contributed by atoms with Gasteiger partial charge in [0.25, 0.3) is 0 Å². The lowest BCUT2D eigenvalue weighted by Gasteiger charge is -2.16. The van der Waals surface area contributed by atoms with Crippen molar-refractivity contribution in [2.24, 2.45) is 11.8 Å². The number of aliphatic carboxylic acids is 1. The highest BCUT2D eigenvalue weighted by molar-refractivity contribution is 5.84. The van der Waals surface area contributed by atoms with Gasteiger partial charge in [-0.05, 0) is 17.0 Å². The second kappa shape index (κ2) is 7.08. The molecule has 0 fully saturated rings. The van der Waals surface area contributed by atoms with Crippen LogP contribution >= 0.6 is 0 Å². The van der Waals surface area contributed by atoms with Gasteiger partial charge in [0, 0.05) is 12.5 Å². The van der Waals surface area contributed by atoms with E-state index in [2.05, 4.69) is 31.3 Å². The zero-order valence-corrected chi connectivity index (χ0v) is 12.5. The molecule has 0 spiro atoms. The predicted octanol–water partition coefficient (Wildman–Crippen LogP) is 2.78. The summed E-state index contributed by atoms with van der Waals surface area (Å²) < 4.78 is 0. The molecule has 0 saturated heterocycles. The second-order valence-electron chi connectivity index (χ2n) is 5.53. The lowest BCUT2D eigenvalue weighted by atomic mass is 9.95. The van der Waals surface area contributed by atoms with Crippen molar-refractivity contribution in [1.82, 2.24) is 5.32 Å². The molecule has 0 radical (unpaired) electrons. The summed E-state index contributed by atoms with van der Waals surface area (Å²) in [7, 11) is 0. The molecule has 0 aliphatic heterocycles. The summed E-state index contributed by atoms with van der Waals surface area (Å²) in [5.41, 5.74) is 2.27. The van der Waals surface area contributed by atoms with E-state index in [1.54, 1.807) is 13.8 Å². The maximum atomic E-state index is 11.9. The molecule has 0 bridgehead atoms. The normalized spacial score (nSPS) is 13.8. The van der Waals surface area contributed by atoms with Crippen molar-refractivity contribution >= 4 is 11.9 Å². The molecule has 0 aromatic heterocycles. The third-order valence-electron chi connectivity index (χ3n) is 3.67. The molecule has 4 nitrogen and oxygen atoms in total. The van der Waals surface area contributed by atoms with Gasteiger partial charge in [0.1, 0.15) is 0 Å². The van der Waals surface area contributed by atoms with Crippen LogP contribution in [0.4, 0.5) is 0 Å². The van der Waals surface area contributed by atoms with Gasteiger partial charge < -0.3 is 10.4 Å². The molecule has 20 heavy (non-hydrogen) atoms. The quantitative estimate of drug-likeness (QED) is 0.840. The van der Waals surface area contributed by atoms with E-state index >= 15 is 0 Å². The molecular formula is C16H23NO3. The van der Waals surface area contributed by atoms with E-state index in [4.69, 9.17) is 5.11 Å². The van der Waals surface area contributed by atoms with Crippen LogP contribution < -0.4 is 5.32 Å². The first kappa shape index (κ1) is 16.2. The molecule has 1 aromatic rings. The Kier molecular flexibility index (Phi) is 5.74. The van der Waals surface area contributed by atoms with Gasteiger partial charge >= 0.3 is 5.97 Å². The number of carboxylic acids is 1. The maximum Gasteiger partial charge on any atom is 0.307 e. The molecule has 2 N–H and O–H groups in total. The first-order valence-electron chi connectivity index (χ1n) is 6.92. The summed E-state index contributed by atoms with van der Waals surface area (Å²) in [6, 6.07) is 8.08.